The molecule has 3 rings (SSSR count). The van der Waals surface area contributed by atoms with Crippen LogP contribution in [0, 0.1) is 0 Å². The van der Waals surface area contributed by atoms with Gasteiger partial charge in [-0.2, -0.15) is 0 Å². The van der Waals surface area contributed by atoms with Gasteiger partial charge in [-0.3, -0.25) is 0 Å². The normalized spacial score (nSPS) is 20.6. The zero-order valence-electron chi connectivity index (χ0n) is 11.3. The quantitative estimate of drug-likeness (QED) is 0.880. The van der Waals surface area contributed by atoms with Crippen molar-refractivity contribution in [2.24, 2.45) is 0 Å². The number of ether oxygens (including phenoxy) is 2. The monoisotopic (exact) mass is 324 g/mol. The minimum absolute atomic E-state index is 0.364. The molecule has 1 N–H and O–H groups in total. The zero-order chi connectivity index (χ0) is 15.0. The summed E-state index contributed by atoms with van der Waals surface area (Å²) >= 11 is 12.2. The summed E-state index contributed by atoms with van der Waals surface area (Å²) in [5.41, 5.74) is 1.45. The minimum atomic E-state index is -0.654. The first kappa shape index (κ1) is 14.5. The molecule has 3 nitrogen and oxygen atoms in total. The van der Waals surface area contributed by atoms with Gasteiger partial charge >= 0.3 is 0 Å². The largest absolute Gasteiger partial charge is 0.496 e. The molecule has 110 valence electrons. The van der Waals surface area contributed by atoms with Gasteiger partial charge in [0.25, 0.3) is 0 Å². The van der Waals surface area contributed by atoms with Crippen molar-refractivity contribution in [3.05, 3.63) is 57.6 Å². The molecule has 1 heterocycles. The Balaban J connectivity index is 2.02. The predicted octanol–water partition coefficient (Wildman–Crippen LogP) is 4.56. The summed E-state index contributed by atoms with van der Waals surface area (Å²) in [5.74, 6) is 1.27. The summed E-state index contributed by atoms with van der Waals surface area (Å²) in [6.45, 7) is 0. The maximum Gasteiger partial charge on any atom is 0.132 e. The second-order valence-electron chi connectivity index (χ2n) is 4.90. The molecule has 1 aliphatic rings. The van der Waals surface area contributed by atoms with Crippen molar-refractivity contribution >= 4 is 23.2 Å². The predicted molar refractivity (Wildman–Crippen MR) is 82.4 cm³/mol. The van der Waals surface area contributed by atoms with E-state index in [1.165, 1.54) is 0 Å². The molecule has 0 fully saturated rings. The van der Waals surface area contributed by atoms with Gasteiger partial charge in [-0.25, -0.2) is 0 Å². The Morgan fingerprint density at radius 2 is 2.05 bits per heavy atom. The topological polar surface area (TPSA) is 38.7 Å². The number of hydrogen-bond donors (Lipinski definition) is 1. The highest BCUT2D eigenvalue weighted by atomic mass is 35.5. The van der Waals surface area contributed by atoms with Crippen molar-refractivity contribution < 1.29 is 14.6 Å². The number of aliphatic hydroxyl groups excluding tert-OH is 1. The average Bonchev–Trinajstić information content (AvgIpc) is 2.47. The van der Waals surface area contributed by atoms with Gasteiger partial charge in [0.05, 0.1) is 23.8 Å². The number of methoxy groups -OCH3 is 1. The third kappa shape index (κ3) is 2.69. The Bertz CT molecular complexity index is 673. The van der Waals surface area contributed by atoms with Crippen molar-refractivity contribution in [1.82, 2.24) is 0 Å². The van der Waals surface area contributed by atoms with E-state index in [0.717, 1.165) is 5.56 Å². The molecule has 5 heteroatoms. The summed E-state index contributed by atoms with van der Waals surface area (Å²) in [6, 6.07) is 10.6. The van der Waals surface area contributed by atoms with E-state index < -0.39 is 6.10 Å². The second-order valence-corrected chi connectivity index (χ2v) is 5.74. The summed E-state index contributed by atoms with van der Waals surface area (Å²) in [6.07, 6.45) is -0.622. The van der Waals surface area contributed by atoms with Crippen molar-refractivity contribution in [3.63, 3.8) is 0 Å². The number of fused-ring (bicyclic) bond motifs is 1. The third-order valence-corrected chi connectivity index (χ3v) is 4.16. The molecular weight excluding hydrogens is 311 g/mol. The van der Waals surface area contributed by atoms with Crippen LogP contribution in [0.3, 0.4) is 0 Å². The molecular formula is C16H14Cl2O3. The fourth-order valence-corrected chi connectivity index (χ4v) is 3.07. The Morgan fingerprint density at radius 1 is 1.24 bits per heavy atom. The van der Waals surface area contributed by atoms with Gasteiger partial charge in [0.1, 0.15) is 17.6 Å². The summed E-state index contributed by atoms with van der Waals surface area (Å²) in [5, 5.41) is 11.5. The van der Waals surface area contributed by atoms with E-state index in [1.807, 2.05) is 12.1 Å². The van der Waals surface area contributed by atoms with Crippen LogP contribution in [0.15, 0.2) is 36.4 Å². The molecule has 0 saturated heterocycles. The highest BCUT2D eigenvalue weighted by Gasteiger charge is 2.31. The van der Waals surface area contributed by atoms with Crippen LogP contribution in [0.25, 0.3) is 0 Å². The molecule has 0 amide bonds. The lowest BCUT2D eigenvalue weighted by molar-refractivity contribution is 0.0646. The minimum Gasteiger partial charge on any atom is -0.496 e. The molecule has 1 unspecified atom stereocenters. The van der Waals surface area contributed by atoms with Crippen LogP contribution in [0.5, 0.6) is 11.5 Å². The Morgan fingerprint density at radius 3 is 2.81 bits per heavy atom. The third-order valence-electron chi connectivity index (χ3n) is 3.59. The maximum atomic E-state index is 10.3. The molecule has 0 aliphatic carbocycles. The molecule has 21 heavy (non-hydrogen) atoms. The fourth-order valence-electron chi connectivity index (χ4n) is 2.60. The van der Waals surface area contributed by atoms with Gasteiger partial charge in [-0.1, -0.05) is 29.3 Å². The van der Waals surface area contributed by atoms with E-state index >= 15 is 0 Å². The number of aliphatic hydroxyl groups is 1. The first-order valence-corrected chi connectivity index (χ1v) is 7.32. The number of rotatable bonds is 2. The average molecular weight is 325 g/mol. The number of halogens is 2. The van der Waals surface area contributed by atoms with Crippen LogP contribution in [0.2, 0.25) is 10.0 Å². The van der Waals surface area contributed by atoms with Crippen LogP contribution < -0.4 is 9.47 Å². The highest BCUT2D eigenvalue weighted by molar-refractivity contribution is 6.31. The summed E-state index contributed by atoms with van der Waals surface area (Å²) in [7, 11) is 1.59. The molecule has 0 aromatic heterocycles. The van der Waals surface area contributed by atoms with E-state index in [9.17, 15) is 5.11 Å². The molecule has 0 spiro atoms. The van der Waals surface area contributed by atoms with Crippen molar-refractivity contribution in [1.29, 1.82) is 0 Å². The standard InChI is InChI=1S/C16H14Cl2O3/c1-20-14-4-2-3-11(18)16(14)15-8-12(19)10-7-9(17)5-6-13(10)21-15/h2-7,12,15,19H,8H2,1H3/t12-,15?/m1/s1. The molecule has 0 radical (unpaired) electrons. The summed E-state index contributed by atoms with van der Waals surface area (Å²) < 4.78 is 11.3. The van der Waals surface area contributed by atoms with E-state index in [1.54, 1.807) is 31.4 Å². The van der Waals surface area contributed by atoms with E-state index in [2.05, 4.69) is 0 Å². The van der Waals surface area contributed by atoms with Crippen LogP contribution in [-0.2, 0) is 0 Å². The summed E-state index contributed by atoms with van der Waals surface area (Å²) in [4.78, 5) is 0. The Hall–Kier alpha value is -1.42. The zero-order valence-corrected chi connectivity index (χ0v) is 12.9. The van der Waals surface area contributed by atoms with Crippen molar-refractivity contribution in [3.8, 4) is 11.5 Å². The van der Waals surface area contributed by atoms with Gasteiger partial charge in [-0.15, -0.1) is 0 Å². The van der Waals surface area contributed by atoms with Gasteiger partial charge in [0.2, 0.25) is 0 Å². The second kappa shape index (κ2) is 5.76. The molecule has 2 atom stereocenters. The van der Waals surface area contributed by atoms with Crippen molar-refractivity contribution in [2.75, 3.05) is 7.11 Å². The van der Waals surface area contributed by atoms with E-state index in [-0.39, 0.29) is 6.10 Å². The Labute approximate surface area is 133 Å². The molecule has 2 aromatic carbocycles. The maximum absolute atomic E-state index is 10.3. The lowest BCUT2D eigenvalue weighted by Crippen LogP contribution is -2.20. The smallest absolute Gasteiger partial charge is 0.132 e. The Kier molecular flexibility index (Phi) is 3.98. The first-order valence-electron chi connectivity index (χ1n) is 6.56. The van der Waals surface area contributed by atoms with Gasteiger partial charge in [0.15, 0.2) is 0 Å². The number of benzene rings is 2. The van der Waals surface area contributed by atoms with Crippen molar-refractivity contribution in [2.45, 2.75) is 18.6 Å². The van der Waals surface area contributed by atoms with Crippen LogP contribution in [-0.4, -0.2) is 12.2 Å². The lowest BCUT2D eigenvalue weighted by Gasteiger charge is -2.31. The van der Waals surface area contributed by atoms with E-state index in [0.29, 0.717) is 33.5 Å². The van der Waals surface area contributed by atoms with Crippen LogP contribution in [0.4, 0.5) is 0 Å². The van der Waals surface area contributed by atoms with Gasteiger partial charge in [-0.05, 0) is 30.3 Å². The lowest BCUT2D eigenvalue weighted by atomic mass is 9.94. The molecule has 1 aliphatic heterocycles. The van der Waals surface area contributed by atoms with Crippen LogP contribution in [0.1, 0.15) is 29.8 Å². The SMILES string of the molecule is COc1cccc(Cl)c1C1C[C@@H](O)c2cc(Cl)ccc2O1. The van der Waals surface area contributed by atoms with Crippen LogP contribution >= 0.6 is 23.2 Å². The first-order chi connectivity index (χ1) is 10.1. The van der Waals surface area contributed by atoms with Gasteiger partial charge < -0.3 is 14.6 Å². The van der Waals surface area contributed by atoms with E-state index in [4.69, 9.17) is 32.7 Å². The fraction of sp³-hybridized carbons (Fsp3) is 0.250. The molecule has 0 saturated carbocycles. The highest BCUT2D eigenvalue weighted by Crippen LogP contribution is 2.45. The number of hydrogen-bond acceptors (Lipinski definition) is 3. The molecule has 0 bridgehead atoms. The van der Waals surface area contributed by atoms with Gasteiger partial charge in [0, 0.05) is 17.0 Å². The molecule has 2 aromatic rings.